The second kappa shape index (κ2) is 13.8. The first-order valence-corrected chi connectivity index (χ1v) is 15.7. The van der Waals surface area contributed by atoms with Crippen LogP contribution in [0, 0.1) is 17.2 Å². The van der Waals surface area contributed by atoms with E-state index in [9.17, 15) is 23.2 Å². The van der Waals surface area contributed by atoms with Crippen molar-refractivity contribution in [2.24, 2.45) is 5.92 Å². The summed E-state index contributed by atoms with van der Waals surface area (Å²) in [6, 6.07) is 6.57. The molecule has 1 saturated heterocycles. The molecule has 5 rings (SSSR count). The second-order valence-electron chi connectivity index (χ2n) is 12.1. The standard InChI is InChI=1S/C32H39ClF3N7O2/c1-4-28(44)43-17-16-42(18-22(43)12-14-37)30-23-13-15-41(27-11-7-9-24(33)29(27)32(34,35)36)19-25(23)38-31(39-30)45-20-21-8-5-6-10-26(21)40(2)3/h4,7,9,11,21-22,26H,1,5-6,8,10,12-13,15-20H2,2-3H3/t21?,22-,26?/m0/s1. The molecule has 2 fully saturated rings. The Morgan fingerprint density at radius 2 is 1.98 bits per heavy atom. The summed E-state index contributed by atoms with van der Waals surface area (Å²) in [4.78, 5) is 29.7. The first-order valence-electron chi connectivity index (χ1n) is 15.4. The maximum Gasteiger partial charge on any atom is 0.419 e. The van der Waals surface area contributed by atoms with Crippen LogP contribution in [0.4, 0.5) is 24.7 Å². The van der Waals surface area contributed by atoms with Crippen LogP contribution in [0.1, 0.15) is 48.9 Å². The molecule has 3 heterocycles. The summed E-state index contributed by atoms with van der Waals surface area (Å²) in [5, 5.41) is 9.15. The van der Waals surface area contributed by atoms with Gasteiger partial charge >= 0.3 is 12.2 Å². The van der Waals surface area contributed by atoms with E-state index in [1.54, 1.807) is 9.80 Å². The Balaban J connectivity index is 1.49. The zero-order valence-corrected chi connectivity index (χ0v) is 26.4. The number of hydrogen-bond donors (Lipinski definition) is 0. The van der Waals surface area contributed by atoms with Crippen molar-refractivity contribution in [1.82, 2.24) is 19.8 Å². The minimum Gasteiger partial charge on any atom is -0.463 e. The van der Waals surface area contributed by atoms with Crippen molar-refractivity contribution in [3.05, 3.63) is 52.7 Å². The Morgan fingerprint density at radius 3 is 2.69 bits per heavy atom. The number of piperazine rings is 1. The summed E-state index contributed by atoms with van der Waals surface area (Å²) >= 11 is 6.06. The van der Waals surface area contributed by atoms with Gasteiger partial charge in [0, 0.05) is 43.7 Å². The number of ether oxygens (including phenoxy) is 1. The van der Waals surface area contributed by atoms with E-state index < -0.39 is 11.7 Å². The number of carbonyl (C=O) groups excluding carboxylic acids is 1. The smallest absolute Gasteiger partial charge is 0.419 e. The molecule has 1 saturated carbocycles. The van der Waals surface area contributed by atoms with Gasteiger partial charge in [-0.2, -0.15) is 28.4 Å². The lowest BCUT2D eigenvalue weighted by atomic mass is 9.84. The molecule has 242 valence electrons. The number of amides is 1. The summed E-state index contributed by atoms with van der Waals surface area (Å²) in [7, 11) is 4.15. The van der Waals surface area contributed by atoms with Crippen molar-refractivity contribution in [2.75, 3.05) is 56.7 Å². The largest absolute Gasteiger partial charge is 0.463 e. The fourth-order valence-corrected chi connectivity index (χ4v) is 7.23. The Labute approximate surface area is 267 Å². The number of nitriles is 1. The molecular weight excluding hydrogens is 607 g/mol. The van der Waals surface area contributed by atoms with Gasteiger partial charge in [0.15, 0.2) is 0 Å². The fraction of sp³-hybridized carbons (Fsp3) is 0.562. The van der Waals surface area contributed by atoms with E-state index in [-0.39, 0.29) is 41.6 Å². The van der Waals surface area contributed by atoms with Crippen LogP contribution in [0.3, 0.4) is 0 Å². The Kier molecular flexibility index (Phi) is 10.1. The number of benzene rings is 1. The first-order chi connectivity index (χ1) is 21.5. The van der Waals surface area contributed by atoms with Crippen LogP contribution in [0.2, 0.25) is 5.02 Å². The van der Waals surface area contributed by atoms with E-state index in [2.05, 4.69) is 31.6 Å². The second-order valence-corrected chi connectivity index (χ2v) is 12.5. The summed E-state index contributed by atoms with van der Waals surface area (Å²) in [5.74, 6) is 0.699. The third-order valence-corrected chi connectivity index (χ3v) is 9.48. The molecule has 9 nitrogen and oxygen atoms in total. The molecule has 2 aliphatic heterocycles. The maximum atomic E-state index is 14.1. The number of rotatable bonds is 8. The highest BCUT2D eigenvalue weighted by Crippen LogP contribution is 2.43. The first kappa shape index (κ1) is 32.8. The van der Waals surface area contributed by atoms with Crippen molar-refractivity contribution in [3.8, 4) is 12.1 Å². The Hall–Kier alpha value is -3.56. The molecule has 1 aliphatic carbocycles. The van der Waals surface area contributed by atoms with Crippen LogP contribution in [-0.2, 0) is 23.9 Å². The monoisotopic (exact) mass is 645 g/mol. The average Bonchev–Trinajstić information content (AvgIpc) is 3.02. The lowest BCUT2D eigenvalue weighted by Gasteiger charge is -2.42. The molecule has 0 N–H and O–H groups in total. The SMILES string of the molecule is C=CC(=O)N1CCN(c2nc(OCC3CCCCC3N(C)C)nc3c2CCN(c2cccc(Cl)c2C(F)(F)F)C3)C[C@@H]1CC#N. The number of anilines is 2. The predicted octanol–water partition coefficient (Wildman–Crippen LogP) is 5.33. The molecule has 45 heavy (non-hydrogen) atoms. The van der Waals surface area contributed by atoms with E-state index in [1.807, 2.05) is 4.90 Å². The molecule has 1 amide bonds. The van der Waals surface area contributed by atoms with Gasteiger partial charge in [0.1, 0.15) is 5.82 Å². The fourth-order valence-electron chi connectivity index (χ4n) is 6.96. The quantitative estimate of drug-likeness (QED) is 0.356. The zero-order valence-electron chi connectivity index (χ0n) is 25.7. The van der Waals surface area contributed by atoms with Crippen molar-refractivity contribution < 1.29 is 22.7 Å². The lowest BCUT2D eigenvalue weighted by molar-refractivity contribution is -0.137. The molecule has 13 heteroatoms. The van der Waals surface area contributed by atoms with Crippen molar-refractivity contribution >= 4 is 29.0 Å². The number of nitrogens with zero attached hydrogens (tertiary/aromatic N) is 7. The van der Waals surface area contributed by atoms with Crippen molar-refractivity contribution in [3.63, 3.8) is 0 Å². The maximum absolute atomic E-state index is 14.1. The minimum atomic E-state index is -4.62. The van der Waals surface area contributed by atoms with Crippen LogP contribution in [0.15, 0.2) is 30.9 Å². The van der Waals surface area contributed by atoms with E-state index in [1.165, 1.54) is 30.7 Å². The Bertz CT molecular complexity index is 1450. The van der Waals surface area contributed by atoms with E-state index >= 15 is 0 Å². The summed E-state index contributed by atoms with van der Waals surface area (Å²) in [5.41, 5.74) is 0.556. The van der Waals surface area contributed by atoms with Gasteiger partial charge in [-0.05, 0) is 51.6 Å². The predicted molar refractivity (Wildman–Crippen MR) is 166 cm³/mol. The number of aromatic nitrogens is 2. The number of fused-ring (bicyclic) bond motifs is 1. The van der Waals surface area contributed by atoms with Crippen LogP contribution in [-0.4, -0.2) is 84.6 Å². The highest BCUT2D eigenvalue weighted by molar-refractivity contribution is 6.31. The van der Waals surface area contributed by atoms with Gasteiger partial charge in [-0.25, -0.2) is 0 Å². The van der Waals surface area contributed by atoms with Crippen molar-refractivity contribution in [2.45, 2.75) is 63.3 Å². The molecule has 3 aliphatic rings. The van der Waals surface area contributed by atoms with E-state index in [4.69, 9.17) is 26.3 Å². The summed E-state index contributed by atoms with van der Waals surface area (Å²) in [6.45, 7) is 5.66. The highest BCUT2D eigenvalue weighted by atomic mass is 35.5. The van der Waals surface area contributed by atoms with Gasteiger partial charge < -0.3 is 24.3 Å². The number of alkyl halides is 3. The van der Waals surface area contributed by atoms with Gasteiger partial charge in [0.05, 0.1) is 53.7 Å². The third kappa shape index (κ3) is 7.15. The van der Waals surface area contributed by atoms with Crippen LogP contribution < -0.4 is 14.5 Å². The van der Waals surface area contributed by atoms with Gasteiger partial charge in [-0.1, -0.05) is 37.1 Å². The number of hydrogen-bond acceptors (Lipinski definition) is 8. The molecule has 2 unspecified atom stereocenters. The summed E-state index contributed by atoms with van der Waals surface area (Å²) < 4.78 is 48.5. The van der Waals surface area contributed by atoms with Crippen LogP contribution in [0.25, 0.3) is 0 Å². The molecule has 0 spiro atoms. The van der Waals surface area contributed by atoms with Gasteiger partial charge in [0.25, 0.3) is 0 Å². The third-order valence-electron chi connectivity index (χ3n) is 9.16. The normalized spacial score (nSPS) is 22.2. The lowest BCUT2D eigenvalue weighted by Crippen LogP contribution is -2.55. The molecule has 1 aromatic heterocycles. The molecular formula is C32H39ClF3N7O2. The van der Waals surface area contributed by atoms with E-state index in [0.29, 0.717) is 62.7 Å². The molecule has 0 radical (unpaired) electrons. The number of carbonyl (C=O) groups is 1. The Morgan fingerprint density at radius 1 is 1.20 bits per heavy atom. The van der Waals surface area contributed by atoms with Crippen LogP contribution >= 0.6 is 11.6 Å². The molecule has 2 aromatic rings. The van der Waals surface area contributed by atoms with Gasteiger partial charge in [-0.3, -0.25) is 4.79 Å². The minimum absolute atomic E-state index is 0.00458. The average molecular weight is 646 g/mol. The zero-order chi connectivity index (χ0) is 32.3. The van der Waals surface area contributed by atoms with Crippen LogP contribution in [0.5, 0.6) is 6.01 Å². The number of halogens is 4. The van der Waals surface area contributed by atoms with E-state index in [0.717, 1.165) is 24.8 Å². The summed E-state index contributed by atoms with van der Waals surface area (Å²) in [6.07, 6.45) is 1.57. The highest BCUT2D eigenvalue weighted by Gasteiger charge is 2.39. The van der Waals surface area contributed by atoms with Gasteiger partial charge in [-0.15, -0.1) is 0 Å². The topological polar surface area (TPSA) is 88.8 Å². The molecule has 0 bridgehead atoms. The van der Waals surface area contributed by atoms with Gasteiger partial charge in [0.2, 0.25) is 5.91 Å². The molecule has 3 atom stereocenters. The molecule has 1 aromatic carbocycles. The van der Waals surface area contributed by atoms with Crippen molar-refractivity contribution in [1.29, 1.82) is 5.26 Å².